The summed E-state index contributed by atoms with van der Waals surface area (Å²) >= 11 is 0. The second-order valence-corrected chi connectivity index (χ2v) is 7.51. The fraction of sp³-hybridized carbons (Fsp3) is 0.722. The van der Waals surface area contributed by atoms with Crippen molar-refractivity contribution in [2.45, 2.75) is 37.8 Å². The highest BCUT2D eigenvalue weighted by atomic mass is 16.5. The second kappa shape index (κ2) is 5.17. The highest BCUT2D eigenvalue weighted by Gasteiger charge is 2.67. The molecule has 0 N–H and O–H groups in total. The minimum Gasteiger partial charge on any atom is -0.469 e. The number of esters is 1. The predicted molar refractivity (Wildman–Crippen MR) is 82.0 cm³/mol. The average Bonchev–Trinajstić information content (AvgIpc) is 2.86. The normalized spacial score (nSPS) is 47.5. The van der Waals surface area contributed by atoms with E-state index in [0.29, 0.717) is 11.8 Å². The number of nitriles is 1. The third-order valence-electron chi connectivity index (χ3n) is 6.89. The van der Waals surface area contributed by atoms with E-state index in [1.54, 1.807) is 0 Å². The lowest BCUT2D eigenvalue weighted by Crippen LogP contribution is -2.63. The Morgan fingerprint density at radius 3 is 2.96 bits per heavy atom. The third kappa shape index (κ3) is 1.76. The largest absolute Gasteiger partial charge is 0.469 e. The minimum atomic E-state index is -0.462. The van der Waals surface area contributed by atoms with Crippen LogP contribution in [0.25, 0.3) is 0 Å². The Balaban J connectivity index is 1.85. The summed E-state index contributed by atoms with van der Waals surface area (Å²) in [5.41, 5.74) is -0.434. The number of rotatable bonds is 2. The van der Waals surface area contributed by atoms with Gasteiger partial charge in [-0.1, -0.05) is 12.2 Å². The molecule has 4 aliphatic rings. The Morgan fingerprint density at radius 2 is 2.26 bits per heavy atom. The first kappa shape index (κ1) is 14.9. The number of carbonyl (C=O) groups excluding carboxylic acids is 2. The molecule has 2 heterocycles. The topological polar surface area (TPSA) is 70.4 Å². The van der Waals surface area contributed by atoms with E-state index in [0.717, 1.165) is 38.5 Å². The maximum atomic E-state index is 12.4. The number of allylic oxidation sites excluding steroid dienone is 2. The van der Waals surface area contributed by atoms with E-state index in [-0.39, 0.29) is 17.9 Å². The van der Waals surface area contributed by atoms with Gasteiger partial charge in [0, 0.05) is 18.0 Å². The van der Waals surface area contributed by atoms with Gasteiger partial charge in [0.25, 0.3) is 0 Å². The van der Waals surface area contributed by atoms with Crippen LogP contribution in [0.15, 0.2) is 12.2 Å². The first-order chi connectivity index (χ1) is 11.2. The highest BCUT2D eigenvalue weighted by Crippen LogP contribution is 2.61. The van der Waals surface area contributed by atoms with Crippen LogP contribution in [0.2, 0.25) is 0 Å². The van der Waals surface area contributed by atoms with Gasteiger partial charge in [0.15, 0.2) is 0 Å². The van der Waals surface area contributed by atoms with Crippen LogP contribution in [0.3, 0.4) is 0 Å². The number of aldehydes is 1. The van der Waals surface area contributed by atoms with Crippen LogP contribution in [0.5, 0.6) is 0 Å². The smallest absolute Gasteiger partial charge is 0.311 e. The van der Waals surface area contributed by atoms with Crippen LogP contribution in [0, 0.1) is 40.4 Å². The lowest BCUT2D eigenvalue weighted by Gasteiger charge is -2.57. The summed E-state index contributed by atoms with van der Waals surface area (Å²) in [5, 5.41) is 9.73. The molecule has 0 radical (unpaired) electrons. The zero-order chi connectivity index (χ0) is 16.2. The number of ether oxygens (including phenoxy) is 1. The summed E-state index contributed by atoms with van der Waals surface area (Å²) in [6.45, 7) is 0.817. The molecule has 2 aliphatic carbocycles. The van der Waals surface area contributed by atoms with Gasteiger partial charge in [0.1, 0.15) is 12.3 Å². The molecule has 5 heteroatoms. The molecule has 2 saturated heterocycles. The summed E-state index contributed by atoms with van der Waals surface area (Å²) in [6, 6.07) is 1.90. The highest BCUT2D eigenvalue weighted by molar-refractivity contribution is 5.76. The molecule has 4 rings (SSSR count). The molecule has 0 unspecified atom stereocenters. The van der Waals surface area contributed by atoms with Crippen molar-refractivity contribution in [3.05, 3.63) is 12.2 Å². The minimum absolute atomic E-state index is 0.00602. The monoisotopic (exact) mass is 314 g/mol. The maximum Gasteiger partial charge on any atom is 0.311 e. The van der Waals surface area contributed by atoms with Crippen LogP contribution in [-0.2, 0) is 14.3 Å². The number of carbonyl (C=O) groups is 2. The number of hydrogen-bond acceptors (Lipinski definition) is 5. The Labute approximate surface area is 136 Å². The van der Waals surface area contributed by atoms with Crippen molar-refractivity contribution in [1.82, 2.24) is 4.90 Å². The van der Waals surface area contributed by atoms with Gasteiger partial charge in [-0.25, -0.2) is 0 Å². The van der Waals surface area contributed by atoms with Gasteiger partial charge in [-0.05, 0) is 43.4 Å². The fourth-order valence-electron chi connectivity index (χ4n) is 6.13. The molecule has 1 saturated carbocycles. The molecule has 7 atom stereocenters. The molecule has 0 aromatic carbocycles. The zero-order valence-electron chi connectivity index (χ0n) is 13.4. The Bertz CT molecular complexity index is 610. The molecule has 0 amide bonds. The number of hydrogen-bond donors (Lipinski definition) is 0. The molecular formula is C18H22N2O3. The van der Waals surface area contributed by atoms with E-state index < -0.39 is 17.4 Å². The van der Waals surface area contributed by atoms with Crippen molar-refractivity contribution < 1.29 is 14.3 Å². The first-order valence-corrected chi connectivity index (χ1v) is 8.52. The molecule has 0 spiro atoms. The summed E-state index contributed by atoms with van der Waals surface area (Å²) in [6.07, 6.45) is 9.08. The van der Waals surface area contributed by atoms with E-state index in [1.165, 1.54) is 7.11 Å². The molecule has 122 valence electrons. The quantitative estimate of drug-likeness (QED) is 0.439. The molecule has 2 aliphatic heterocycles. The molecule has 5 nitrogen and oxygen atoms in total. The van der Waals surface area contributed by atoms with Crippen molar-refractivity contribution in [3.63, 3.8) is 0 Å². The van der Waals surface area contributed by atoms with E-state index in [2.05, 4.69) is 23.1 Å². The predicted octanol–water partition coefficient (Wildman–Crippen LogP) is 1.54. The molecule has 0 aromatic rings. The molecular weight excluding hydrogens is 292 g/mol. The van der Waals surface area contributed by atoms with Gasteiger partial charge in [-0.15, -0.1) is 0 Å². The molecule has 23 heavy (non-hydrogen) atoms. The third-order valence-corrected chi connectivity index (χ3v) is 6.89. The lowest BCUT2D eigenvalue weighted by atomic mass is 9.53. The van der Waals surface area contributed by atoms with Crippen molar-refractivity contribution in [3.8, 4) is 6.07 Å². The van der Waals surface area contributed by atoms with Crippen LogP contribution < -0.4 is 0 Å². The van der Waals surface area contributed by atoms with E-state index in [9.17, 15) is 14.9 Å². The van der Waals surface area contributed by atoms with E-state index in [4.69, 9.17) is 4.74 Å². The second-order valence-electron chi connectivity index (χ2n) is 7.51. The lowest BCUT2D eigenvalue weighted by molar-refractivity contribution is -0.149. The summed E-state index contributed by atoms with van der Waals surface area (Å²) in [7, 11) is 1.39. The average molecular weight is 314 g/mol. The van der Waals surface area contributed by atoms with Crippen molar-refractivity contribution in [2.24, 2.45) is 29.1 Å². The SMILES string of the molecule is COC(=O)[C@@H]1[C@@H]2CC[C@@H]3[C@H]4CC=CC[C@]3(C=O)[C@@H]2N(C4)[C@@H]1C#N. The first-order valence-electron chi connectivity index (χ1n) is 8.52. The van der Waals surface area contributed by atoms with Gasteiger partial charge in [0.2, 0.25) is 0 Å². The van der Waals surface area contributed by atoms with Gasteiger partial charge >= 0.3 is 5.97 Å². The van der Waals surface area contributed by atoms with Crippen LogP contribution in [0.4, 0.5) is 0 Å². The standard InChI is InChI=1S/C18H22N2O3/c1-23-17(22)15-12-5-6-13-11-4-2-3-7-18(13,10-21)16(12)20(9-11)14(15)8-19/h2-3,10-16H,4-7,9H2,1H3/t11-,12-,13+,14+,15+,16+,18+/m0/s1. The van der Waals surface area contributed by atoms with Crippen LogP contribution >= 0.6 is 0 Å². The summed E-state index contributed by atoms with van der Waals surface area (Å²) < 4.78 is 5.01. The molecule has 3 fully saturated rings. The Morgan fingerprint density at radius 1 is 1.43 bits per heavy atom. The van der Waals surface area contributed by atoms with Crippen molar-refractivity contribution in [1.29, 1.82) is 5.26 Å². The van der Waals surface area contributed by atoms with Crippen molar-refractivity contribution in [2.75, 3.05) is 13.7 Å². The van der Waals surface area contributed by atoms with E-state index >= 15 is 0 Å². The zero-order valence-corrected chi connectivity index (χ0v) is 13.4. The van der Waals surface area contributed by atoms with Gasteiger partial charge in [-0.3, -0.25) is 9.69 Å². The number of nitrogens with zero attached hydrogens (tertiary/aromatic N) is 2. The van der Waals surface area contributed by atoms with E-state index in [1.807, 2.05) is 0 Å². The van der Waals surface area contributed by atoms with Gasteiger partial charge in [0.05, 0.1) is 19.1 Å². The molecule has 4 bridgehead atoms. The van der Waals surface area contributed by atoms with Crippen molar-refractivity contribution >= 4 is 12.3 Å². The fourth-order valence-corrected chi connectivity index (χ4v) is 6.13. The van der Waals surface area contributed by atoms with Gasteiger partial charge in [-0.2, -0.15) is 5.26 Å². The Hall–Kier alpha value is -1.67. The summed E-state index contributed by atoms with van der Waals surface area (Å²) in [4.78, 5) is 26.8. The maximum absolute atomic E-state index is 12.4. The Kier molecular flexibility index (Phi) is 3.35. The molecule has 0 aromatic heterocycles. The number of methoxy groups -OCH3 is 1. The van der Waals surface area contributed by atoms with Crippen LogP contribution in [0.1, 0.15) is 25.7 Å². The van der Waals surface area contributed by atoms with Crippen LogP contribution in [-0.4, -0.2) is 42.9 Å². The number of piperidine rings is 1. The van der Waals surface area contributed by atoms with Gasteiger partial charge < -0.3 is 9.53 Å². The summed E-state index contributed by atoms with van der Waals surface area (Å²) in [5.74, 6) is 0.128.